The van der Waals surface area contributed by atoms with E-state index in [2.05, 4.69) is 52.3 Å². The van der Waals surface area contributed by atoms with Crippen LogP contribution in [0.25, 0.3) is 6.08 Å². The van der Waals surface area contributed by atoms with Crippen LogP contribution in [0.2, 0.25) is 0 Å². The molecule has 0 fully saturated rings. The van der Waals surface area contributed by atoms with Crippen LogP contribution in [-0.2, 0) is 6.54 Å². The second-order valence-corrected chi connectivity index (χ2v) is 4.49. The van der Waals surface area contributed by atoms with E-state index in [0.29, 0.717) is 0 Å². The summed E-state index contributed by atoms with van der Waals surface area (Å²) in [5.41, 5.74) is 1.15. The fourth-order valence-electron chi connectivity index (χ4n) is 1.47. The molecule has 16 heavy (non-hydrogen) atoms. The van der Waals surface area contributed by atoms with Gasteiger partial charge in [0.05, 0.1) is 16.4 Å². The molecule has 0 unspecified atom stereocenters. The lowest BCUT2D eigenvalue weighted by molar-refractivity contribution is 0.652. The molecule has 0 aromatic carbocycles. The van der Waals surface area contributed by atoms with Gasteiger partial charge in [-0.2, -0.15) is 5.10 Å². The first-order valence-corrected chi connectivity index (χ1v) is 6.67. The molecular weight excluding hydrogens is 266 g/mol. The van der Waals surface area contributed by atoms with Gasteiger partial charge in [-0.15, -0.1) is 0 Å². The number of hydrogen-bond acceptors (Lipinski definition) is 2. The average Bonchev–Trinajstić information content (AvgIpc) is 2.65. The zero-order valence-corrected chi connectivity index (χ0v) is 11.6. The lowest BCUT2D eigenvalue weighted by atomic mass is 10.3. The number of nitrogens with one attached hydrogen (secondary N) is 1. The van der Waals surface area contributed by atoms with Crippen molar-refractivity contribution in [2.45, 2.75) is 33.2 Å². The Morgan fingerprint density at radius 3 is 2.94 bits per heavy atom. The molecule has 3 nitrogen and oxygen atoms in total. The second kappa shape index (κ2) is 7.63. The molecule has 0 radical (unpaired) electrons. The fourth-order valence-corrected chi connectivity index (χ4v) is 1.90. The molecule has 1 aromatic heterocycles. The van der Waals surface area contributed by atoms with E-state index in [4.69, 9.17) is 0 Å². The van der Waals surface area contributed by atoms with E-state index in [0.717, 1.165) is 36.2 Å². The number of rotatable bonds is 7. The van der Waals surface area contributed by atoms with Gasteiger partial charge in [-0.05, 0) is 54.9 Å². The predicted octanol–water partition coefficient (Wildman–Crippen LogP) is 3.07. The molecule has 0 atom stereocenters. The molecule has 4 heteroatoms. The molecule has 0 aliphatic rings. The Bertz CT molecular complexity index is 331. The van der Waals surface area contributed by atoms with Crippen LogP contribution in [-0.4, -0.2) is 22.9 Å². The van der Waals surface area contributed by atoms with Crippen molar-refractivity contribution in [3.8, 4) is 0 Å². The third kappa shape index (κ3) is 4.10. The summed E-state index contributed by atoms with van der Waals surface area (Å²) < 4.78 is 3.05. The highest BCUT2D eigenvalue weighted by molar-refractivity contribution is 9.10. The number of aromatic nitrogens is 2. The Kier molecular flexibility index (Phi) is 6.42. The van der Waals surface area contributed by atoms with E-state index in [1.807, 2.05) is 10.9 Å². The highest BCUT2D eigenvalue weighted by Crippen LogP contribution is 2.17. The van der Waals surface area contributed by atoms with Crippen molar-refractivity contribution in [1.29, 1.82) is 0 Å². The topological polar surface area (TPSA) is 29.9 Å². The third-order valence-corrected chi connectivity index (χ3v) is 2.93. The third-order valence-electron chi connectivity index (χ3n) is 2.32. The number of halogens is 1. The molecule has 90 valence electrons. The summed E-state index contributed by atoms with van der Waals surface area (Å²) in [5.74, 6) is 0. The van der Waals surface area contributed by atoms with Crippen molar-refractivity contribution in [3.63, 3.8) is 0 Å². The van der Waals surface area contributed by atoms with Gasteiger partial charge < -0.3 is 5.32 Å². The monoisotopic (exact) mass is 285 g/mol. The zero-order chi connectivity index (χ0) is 11.8. The Labute approximate surface area is 106 Å². The maximum atomic E-state index is 4.27. The summed E-state index contributed by atoms with van der Waals surface area (Å²) in [6.45, 7) is 7.32. The standard InChI is InChI=1S/C12H20BrN3/c1-3-8-14-9-6-5-7-12-11(13)10-15-16(12)4-2/h5,7,10,14H,3-4,6,8-9H2,1-2H3/b7-5+. The van der Waals surface area contributed by atoms with Gasteiger partial charge >= 0.3 is 0 Å². The number of nitrogens with zero attached hydrogens (tertiary/aromatic N) is 2. The summed E-state index contributed by atoms with van der Waals surface area (Å²) in [7, 11) is 0. The van der Waals surface area contributed by atoms with Gasteiger partial charge in [-0.3, -0.25) is 4.68 Å². The van der Waals surface area contributed by atoms with Crippen LogP contribution in [0.3, 0.4) is 0 Å². The molecule has 0 saturated carbocycles. The van der Waals surface area contributed by atoms with Crippen LogP contribution in [0.1, 0.15) is 32.4 Å². The SMILES string of the molecule is CCCNCC/C=C/c1c(Br)cnn1CC. The molecule has 0 amide bonds. The largest absolute Gasteiger partial charge is 0.316 e. The molecule has 1 heterocycles. The van der Waals surface area contributed by atoms with Gasteiger partial charge in [0.2, 0.25) is 0 Å². The highest BCUT2D eigenvalue weighted by atomic mass is 79.9. The molecule has 0 saturated heterocycles. The second-order valence-electron chi connectivity index (χ2n) is 3.63. The summed E-state index contributed by atoms with van der Waals surface area (Å²) in [4.78, 5) is 0. The van der Waals surface area contributed by atoms with Gasteiger partial charge in [-0.1, -0.05) is 13.0 Å². The predicted molar refractivity (Wildman–Crippen MR) is 72.4 cm³/mol. The lowest BCUT2D eigenvalue weighted by Gasteiger charge is -2.01. The highest BCUT2D eigenvalue weighted by Gasteiger charge is 2.02. The molecule has 1 rings (SSSR count). The van der Waals surface area contributed by atoms with E-state index >= 15 is 0 Å². The van der Waals surface area contributed by atoms with Gasteiger partial charge in [-0.25, -0.2) is 0 Å². The van der Waals surface area contributed by atoms with Crippen molar-refractivity contribution < 1.29 is 0 Å². The maximum absolute atomic E-state index is 4.27. The van der Waals surface area contributed by atoms with Crippen molar-refractivity contribution in [2.24, 2.45) is 0 Å². The average molecular weight is 286 g/mol. The Morgan fingerprint density at radius 1 is 1.44 bits per heavy atom. The van der Waals surface area contributed by atoms with Crippen molar-refractivity contribution >= 4 is 22.0 Å². The minimum atomic E-state index is 0.902. The molecule has 1 N–H and O–H groups in total. The van der Waals surface area contributed by atoms with Crippen molar-refractivity contribution in [3.05, 3.63) is 22.4 Å². The number of aryl methyl sites for hydroxylation is 1. The summed E-state index contributed by atoms with van der Waals surface area (Å²) in [5, 5.41) is 7.64. The molecule has 1 aromatic rings. The van der Waals surface area contributed by atoms with Crippen LogP contribution in [0, 0.1) is 0 Å². The van der Waals surface area contributed by atoms with Crippen LogP contribution in [0.4, 0.5) is 0 Å². The quantitative estimate of drug-likeness (QED) is 0.781. The summed E-state index contributed by atoms with van der Waals surface area (Å²) in [6, 6.07) is 0. The molecule has 0 aliphatic carbocycles. The van der Waals surface area contributed by atoms with Crippen molar-refractivity contribution in [1.82, 2.24) is 15.1 Å². The lowest BCUT2D eigenvalue weighted by Crippen LogP contribution is -2.15. The Morgan fingerprint density at radius 2 is 2.25 bits per heavy atom. The van der Waals surface area contributed by atoms with E-state index < -0.39 is 0 Å². The van der Waals surface area contributed by atoms with E-state index in [1.54, 1.807) is 0 Å². The Hall–Kier alpha value is -0.610. The first-order chi connectivity index (χ1) is 7.79. The molecule has 0 aliphatic heterocycles. The van der Waals surface area contributed by atoms with E-state index in [-0.39, 0.29) is 0 Å². The first-order valence-electron chi connectivity index (χ1n) is 5.88. The summed E-state index contributed by atoms with van der Waals surface area (Å²) in [6.07, 6.45) is 8.42. The van der Waals surface area contributed by atoms with Crippen LogP contribution in [0.5, 0.6) is 0 Å². The zero-order valence-electron chi connectivity index (χ0n) is 10.0. The van der Waals surface area contributed by atoms with Gasteiger partial charge in [0.25, 0.3) is 0 Å². The minimum absolute atomic E-state index is 0.902. The minimum Gasteiger partial charge on any atom is -0.316 e. The molecular formula is C12H20BrN3. The van der Waals surface area contributed by atoms with E-state index in [9.17, 15) is 0 Å². The van der Waals surface area contributed by atoms with E-state index in [1.165, 1.54) is 6.42 Å². The van der Waals surface area contributed by atoms with Gasteiger partial charge in [0.15, 0.2) is 0 Å². The van der Waals surface area contributed by atoms with Crippen LogP contribution >= 0.6 is 15.9 Å². The first kappa shape index (κ1) is 13.5. The summed E-state index contributed by atoms with van der Waals surface area (Å²) >= 11 is 3.50. The normalized spacial score (nSPS) is 11.4. The molecule has 0 spiro atoms. The number of hydrogen-bond donors (Lipinski definition) is 1. The molecule has 0 bridgehead atoms. The van der Waals surface area contributed by atoms with Crippen LogP contribution in [0.15, 0.2) is 16.7 Å². The van der Waals surface area contributed by atoms with Gasteiger partial charge in [0.1, 0.15) is 0 Å². The Balaban J connectivity index is 2.40. The van der Waals surface area contributed by atoms with Crippen LogP contribution < -0.4 is 5.32 Å². The smallest absolute Gasteiger partial charge is 0.0748 e. The maximum Gasteiger partial charge on any atom is 0.0748 e. The fraction of sp³-hybridized carbons (Fsp3) is 0.583. The van der Waals surface area contributed by atoms with Crippen molar-refractivity contribution in [2.75, 3.05) is 13.1 Å². The van der Waals surface area contributed by atoms with Gasteiger partial charge in [0, 0.05) is 6.54 Å².